The van der Waals surface area contributed by atoms with Gasteiger partial charge in [-0.3, -0.25) is 4.79 Å². The first-order valence-electron chi connectivity index (χ1n) is 6.94. The number of carbonyl (C=O) groups excluding carboxylic acids is 1. The minimum absolute atomic E-state index is 0.0212. The number of aryl methyl sites for hydroxylation is 2. The topological polar surface area (TPSA) is 79.9 Å². The van der Waals surface area contributed by atoms with Crippen LogP contribution in [0.2, 0.25) is 0 Å². The quantitative estimate of drug-likeness (QED) is 0.906. The van der Waals surface area contributed by atoms with Gasteiger partial charge in [0.2, 0.25) is 5.91 Å². The molecule has 1 unspecified atom stereocenters. The summed E-state index contributed by atoms with van der Waals surface area (Å²) in [5.41, 5.74) is 2.20. The number of aromatic amines is 1. The number of imidazole rings is 1. The zero-order valence-corrected chi connectivity index (χ0v) is 12.9. The summed E-state index contributed by atoms with van der Waals surface area (Å²) in [6.07, 6.45) is 4.14. The Morgan fingerprint density at radius 1 is 1.62 bits per heavy atom. The number of carbonyl (C=O) groups is 1. The van der Waals surface area contributed by atoms with Gasteiger partial charge in [-0.1, -0.05) is 11.3 Å². The van der Waals surface area contributed by atoms with Crippen LogP contribution >= 0.6 is 11.3 Å². The standard InChI is InChI=1S/C14H18N4O2S/c1-8-16-11-4-3-9(5-12(11)17-8)13(19)18-14-15-6-10(21-14)7-20-2/h6,9H,3-5,7H2,1-2H3,(H,16,17)(H,15,18,19). The van der Waals surface area contributed by atoms with Gasteiger partial charge >= 0.3 is 0 Å². The predicted octanol–water partition coefficient (Wildman–Crippen LogP) is 2.06. The number of fused-ring (bicyclic) bond motifs is 1. The summed E-state index contributed by atoms with van der Waals surface area (Å²) in [5, 5.41) is 3.54. The molecular weight excluding hydrogens is 288 g/mol. The Labute approximate surface area is 127 Å². The third-order valence-electron chi connectivity index (χ3n) is 3.60. The number of hydrogen-bond acceptors (Lipinski definition) is 5. The number of anilines is 1. The van der Waals surface area contributed by atoms with E-state index in [-0.39, 0.29) is 11.8 Å². The van der Waals surface area contributed by atoms with Crippen LogP contribution in [0.1, 0.15) is 28.5 Å². The molecule has 0 saturated heterocycles. The van der Waals surface area contributed by atoms with E-state index < -0.39 is 0 Å². The molecule has 0 fully saturated rings. The molecule has 0 spiro atoms. The zero-order chi connectivity index (χ0) is 14.8. The summed E-state index contributed by atoms with van der Waals surface area (Å²) >= 11 is 1.45. The fraction of sp³-hybridized carbons (Fsp3) is 0.500. The summed E-state index contributed by atoms with van der Waals surface area (Å²) in [5.74, 6) is 0.934. The lowest BCUT2D eigenvalue weighted by Gasteiger charge is -2.19. The number of nitrogens with one attached hydrogen (secondary N) is 2. The molecule has 2 heterocycles. The van der Waals surface area contributed by atoms with Gasteiger partial charge in [0.1, 0.15) is 5.82 Å². The van der Waals surface area contributed by atoms with Crippen LogP contribution in [0, 0.1) is 12.8 Å². The highest BCUT2D eigenvalue weighted by molar-refractivity contribution is 7.15. The molecule has 0 aromatic carbocycles. The van der Waals surface area contributed by atoms with Gasteiger partial charge in [-0.15, -0.1) is 0 Å². The molecule has 0 saturated carbocycles. The average Bonchev–Trinajstić information content (AvgIpc) is 3.03. The predicted molar refractivity (Wildman–Crippen MR) is 80.3 cm³/mol. The molecule has 1 atom stereocenters. The number of hydrogen-bond donors (Lipinski definition) is 2. The number of ether oxygens (including phenoxy) is 1. The minimum atomic E-state index is -0.0212. The van der Waals surface area contributed by atoms with Crippen LogP contribution in [0.25, 0.3) is 0 Å². The lowest BCUT2D eigenvalue weighted by atomic mass is 9.89. The van der Waals surface area contributed by atoms with E-state index in [1.807, 2.05) is 6.92 Å². The van der Waals surface area contributed by atoms with E-state index in [0.29, 0.717) is 11.7 Å². The Morgan fingerprint density at radius 3 is 3.29 bits per heavy atom. The molecule has 0 bridgehead atoms. The Morgan fingerprint density at radius 2 is 2.48 bits per heavy atom. The van der Waals surface area contributed by atoms with Crippen molar-refractivity contribution in [3.05, 3.63) is 28.3 Å². The summed E-state index contributed by atoms with van der Waals surface area (Å²) in [4.78, 5) is 25.2. The van der Waals surface area contributed by atoms with Crippen molar-refractivity contribution in [2.75, 3.05) is 12.4 Å². The second kappa shape index (κ2) is 5.95. The van der Waals surface area contributed by atoms with Crippen molar-refractivity contribution in [3.63, 3.8) is 0 Å². The molecule has 1 amide bonds. The monoisotopic (exact) mass is 306 g/mol. The molecule has 6 nitrogen and oxygen atoms in total. The number of amides is 1. The van der Waals surface area contributed by atoms with Gasteiger partial charge in [-0.2, -0.15) is 0 Å². The first kappa shape index (κ1) is 14.2. The third-order valence-corrected chi connectivity index (χ3v) is 4.49. The molecule has 2 aromatic heterocycles. The maximum Gasteiger partial charge on any atom is 0.229 e. The summed E-state index contributed by atoms with van der Waals surface area (Å²) in [6, 6.07) is 0. The molecule has 7 heteroatoms. The van der Waals surface area contributed by atoms with E-state index in [1.54, 1.807) is 13.3 Å². The highest BCUT2D eigenvalue weighted by Gasteiger charge is 2.27. The van der Waals surface area contributed by atoms with E-state index >= 15 is 0 Å². The van der Waals surface area contributed by atoms with E-state index in [4.69, 9.17) is 4.74 Å². The number of methoxy groups -OCH3 is 1. The average molecular weight is 306 g/mol. The molecule has 1 aliphatic rings. The van der Waals surface area contributed by atoms with Gasteiger partial charge in [0, 0.05) is 31.3 Å². The van der Waals surface area contributed by atoms with E-state index in [9.17, 15) is 4.79 Å². The van der Waals surface area contributed by atoms with Crippen LogP contribution in [-0.2, 0) is 29.0 Å². The van der Waals surface area contributed by atoms with Crippen LogP contribution in [0.15, 0.2) is 6.20 Å². The van der Waals surface area contributed by atoms with Crippen molar-refractivity contribution in [3.8, 4) is 0 Å². The van der Waals surface area contributed by atoms with E-state index in [1.165, 1.54) is 11.3 Å². The van der Waals surface area contributed by atoms with Crippen LogP contribution in [-0.4, -0.2) is 28.0 Å². The molecule has 0 radical (unpaired) electrons. The molecular formula is C14H18N4O2S. The Kier molecular flexibility index (Phi) is 4.03. The van der Waals surface area contributed by atoms with Crippen LogP contribution in [0.3, 0.4) is 0 Å². The number of H-pyrrole nitrogens is 1. The Bertz CT molecular complexity index is 649. The van der Waals surface area contributed by atoms with Gasteiger partial charge < -0.3 is 15.0 Å². The first-order chi connectivity index (χ1) is 10.2. The van der Waals surface area contributed by atoms with Crippen molar-refractivity contribution in [1.29, 1.82) is 0 Å². The fourth-order valence-corrected chi connectivity index (χ4v) is 3.42. The van der Waals surface area contributed by atoms with Crippen LogP contribution < -0.4 is 5.32 Å². The molecule has 112 valence electrons. The lowest BCUT2D eigenvalue weighted by Crippen LogP contribution is -2.28. The number of rotatable bonds is 4. The maximum atomic E-state index is 12.3. The fourth-order valence-electron chi connectivity index (χ4n) is 2.63. The maximum absolute atomic E-state index is 12.3. The van der Waals surface area contributed by atoms with Crippen LogP contribution in [0.5, 0.6) is 0 Å². The van der Waals surface area contributed by atoms with Gasteiger partial charge in [-0.05, 0) is 19.8 Å². The van der Waals surface area contributed by atoms with Gasteiger partial charge in [0.05, 0.1) is 17.2 Å². The largest absolute Gasteiger partial charge is 0.379 e. The molecule has 0 aliphatic heterocycles. The smallest absolute Gasteiger partial charge is 0.229 e. The van der Waals surface area contributed by atoms with Crippen LogP contribution in [0.4, 0.5) is 5.13 Å². The van der Waals surface area contributed by atoms with Gasteiger partial charge in [0.15, 0.2) is 5.13 Å². The van der Waals surface area contributed by atoms with Gasteiger partial charge in [0.25, 0.3) is 0 Å². The molecule has 1 aliphatic carbocycles. The van der Waals surface area contributed by atoms with Crippen molar-refractivity contribution in [1.82, 2.24) is 15.0 Å². The Balaban J connectivity index is 1.63. The number of nitrogens with zero attached hydrogens (tertiary/aromatic N) is 2. The van der Waals surface area contributed by atoms with Crippen molar-refractivity contribution in [2.45, 2.75) is 32.8 Å². The first-order valence-corrected chi connectivity index (χ1v) is 7.76. The van der Waals surface area contributed by atoms with Crippen molar-refractivity contribution < 1.29 is 9.53 Å². The number of aromatic nitrogens is 3. The summed E-state index contributed by atoms with van der Waals surface area (Å²) in [6.45, 7) is 2.47. The third kappa shape index (κ3) is 3.14. The van der Waals surface area contributed by atoms with Gasteiger partial charge in [-0.25, -0.2) is 9.97 Å². The normalized spacial score (nSPS) is 17.5. The summed E-state index contributed by atoms with van der Waals surface area (Å²) in [7, 11) is 1.64. The highest BCUT2D eigenvalue weighted by atomic mass is 32.1. The zero-order valence-electron chi connectivity index (χ0n) is 12.1. The van der Waals surface area contributed by atoms with E-state index in [0.717, 1.165) is 41.4 Å². The molecule has 2 N–H and O–H groups in total. The summed E-state index contributed by atoms with van der Waals surface area (Å²) < 4.78 is 5.05. The van der Waals surface area contributed by atoms with E-state index in [2.05, 4.69) is 20.3 Å². The number of thiazole rings is 1. The highest BCUT2D eigenvalue weighted by Crippen LogP contribution is 2.26. The second-order valence-corrected chi connectivity index (χ2v) is 6.36. The van der Waals surface area contributed by atoms with Crippen molar-refractivity contribution >= 4 is 22.4 Å². The lowest BCUT2D eigenvalue weighted by molar-refractivity contribution is -0.120. The Hall–Kier alpha value is -1.73. The van der Waals surface area contributed by atoms with Crippen molar-refractivity contribution in [2.24, 2.45) is 5.92 Å². The second-order valence-electron chi connectivity index (χ2n) is 5.24. The SMILES string of the molecule is COCc1cnc(NC(=O)C2CCc3nc(C)[nH]c3C2)s1. The minimum Gasteiger partial charge on any atom is -0.379 e. The molecule has 3 rings (SSSR count). The molecule has 21 heavy (non-hydrogen) atoms. The molecule has 2 aromatic rings.